The van der Waals surface area contributed by atoms with Gasteiger partial charge in [0.15, 0.2) is 16.7 Å². The summed E-state index contributed by atoms with van der Waals surface area (Å²) < 4.78 is 6.77. The number of anilines is 1. The minimum atomic E-state index is -0.279. The molecular weight excluding hydrogens is 328 g/mol. The molecule has 4 aromatic rings. The van der Waals surface area contributed by atoms with E-state index in [-0.39, 0.29) is 5.91 Å². The van der Waals surface area contributed by atoms with Crippen molar-refractivity contribution in [3.63, 3.8) is 0 Å². The van der Waals surface area contributed by atoms with E-state index >= 15 is 0 Å². The zero-order valence-electron chi connectivity index (χ0n) is 12.2. The molecule has 0 radical (unpaired) electrons. The monoisotopic (exact) mass is 338 g/mol. The molecule has 1 N–H and O–H groups in total. The maximum Gasteiger partial charge on any atom is 0.257 e. The summed E-state index contributed by atoms with van der Waals surface area (Å²) in [6.45, 7) is 0. The zero-order valence-corrected chi connectivity index (χ0v) is 13.0. The van der Waals surface area contributed by atoms with Gasteiger partial charge in [-0.15, -0.1) is 11.3 Å². The Morgan fingerprint density at radius 1 is 1.33 bits per heavy atom. The minimum absolute atomic E-state index is 0.279. The summed E-state index contributed by atoms with van der Waals surface area (Å²) in [4.78, 5) is 24.8. The van der Waals surface area contributed by atoms with Crippen molar-refractivity contribution >= 4 is 22.4 Å². The van der Waals surface area contributed by atoms with Crippen LogP contribution in [0.25, 0.3) is 17.3 Å². The lowest BCUT2D eigenvalue weighted by molar-refractivity contribution is 0.102. The molecule has 1 amide bonds. The Hall–Kier alpha value is -3.33. The highest BCUT2D eigenvalue weighted by Crippen LogP contribution is 2.25. The molecular formula is C15H10N6O2S. The van der Waals surface area contributed by atoms with E-state index in [9.17, 15) is 4.79 Å². The summed E-state index contributed by atoms with van der Waals surface area (Å²) in [7, 11) is 0. The molecule has 4 rings (SSSR count). The SMILES string of the molecule is O=C(Nc1nc(-c2ccco2)cs1)c1ccnc(-n2cncn2)c1. The molecule has 118 valence electrons. The molecule has 0 spiro atoms. The molecule has 0 atom stereocenters. The Kier molecular flexibility index (Phi) is 3.60. The molecule has 0 bridgehead atoms. The van der Waals surface area contributed by atoms with Gasteiger partial charge >= 0.3 is 0 Å². The van der Waals surface area contributed by atoms with E-state index in [2.05, 4.69) is 25.4 Å². The molecule has 0 aliphatic carbocycles. The van der Waals surface area contributed by atoms with Gasteiger partial charge in [-0.25, -0.2) is 19.6 Å². The second-order valence-electron chi connectivity index (χ2n) is 4.71. The number of nitrogens with zero attached hydrogens (tertiary/aromatic N) is 5. The van der Waals surface area contributed by atoms with Crippen molar-refractivity contribution in [2.45, 2.75) is 0 Å². The van der Waals surface area contributed by atoms with Gasteiger partial charge in [-0.1, -0.05) is 0 Å². The third kappa shape index (κ3) is 2.79. The first kappa shape index (κ1) is 14.3. The molecule has 0 fully saturated rings. The molecule has 0 aliphatic rings. The highest BCUT2D eigenvalue weighted by Gasteiger charge is 2.12. The second-order valence-corrected chi connectivity index (χ2v) is 5.57. The number of thiazole rings is 1. The molecule has 0 unspecified atom stereocenters. The summed E-state index contributed by atoms with van der Waals surface area (Å²) in [6, 6.07) is 6.85. The lowest BCUT2D eigenvalue weighted by Gasteiger charge is -2.04. The Balaban J connectivity index is 1.53. The lowest BCUT2D eigenvalue weighted by atomic mass is 10.2. The maximum atomic E-state index is 12.4. The number of nitrogens with one attached hydrogen (secondary N) is 1. The Labute approximate surface area is 139 Å². The molecule has 24 heavy (non-hydrogen) atoms. The first-order valence-corrected chi connectivity index (χ1v) is 7.79. The van der Waals surface area contributed by atoms with Crippen molar-refractivity contribution in [2.24, 2.45) is 0 Å². The van der Waals surface area contributed by atoms with Gasteiger partial charge in [-0.05, 0) is 24.3 Å². The predicted molar refractivity (Wildman–Crippen MR) is 86.9 cm³/mol. The van der Waals surface area contributed by atoms with Crippen molar-refractivity contribution in [2.75, 3.05) is 5.32 Å². The highest BCUT2D eigenvalue weighted by atomic mass is 32.1. The Morgan fingerprint density at radius 3 is 3.08 bits per heavy atom. The number of pyridine rings is 1. The normalized spacial score (nSPS) is 10.7. The molecule has 8 nitrogen and oxygen atoms in total. The van der Waals surface area contributed by atoms with E-state index in [1.54, 1.807) is 30.7 Å². The first-order chi connectivity index (χ1) is 11.8. The number of furan rings is 1. The van der Waals surface area contributed by atoms with Gasteiger partial charge in [0.25, 0.3) is 5.91 Å². The minimum Gasteiger partial charge on any atom is -0.463 e. The summed E-state index contributed by atoms with van der Waals surface area (Å²) in [6.07, 6.45) is 6.04. The summed E-state index contributed by atoms with van der Waals surface area (Å²) in [5, 5.41) is 9.07. The number of rotatable bonds is 4. The van der Waals surface area contributed by atoms with Gasteiger partial charge < -0.3 is 4.42 Å². The van der Waals surface area contributed by atoms with Crippen molar-refractivity contribution in [3.05, 3.63) is 60.3 Å². The molecule has 0 saturated carbocycles. The number of hydrogen-bond donors (Lipinski definition) is 1. The van der Waals surface area contributed by atoms with Crippen LogP contribution in [0.3, 0.4) is 0 Å². The van der Waals surface area contributed by atoms with E-state index in [1.807, 2.05) is 11.4 Å². The van der Waals surface area contributed by atoms with E-state index in [4.69, 9.17) is 4.42 Å². The number of carbonyl (C=O) groups excluding carboxylic acids is 1. The van der Waals surface area contributed by atoms with Crippen LogP contribution < -0.4 is 5.32 Å². The summed E-state index contributed by atoms with van der Waals surface area (Å²) in [5.41, 5.74) is 1.13. The number of carbonyl (C=O) groups is 1. The van der Waals surface area contributed by atoms with Gasteiger partial charge in [-0.3, -0.25) is 10.1 Å². The van der Waals surface area contributed by atoms with Gasteiger partial charge in [0.05, 0.1) is 6.26 Å². The van der Waals surface area contributed by atoms with Crippen molar-refractivity contribution in [1.29, 1.82) is 0 Å². The fourth-order valence-corrected chi connectivity index (χ4v) is 2.74. The van der Waals surface area contributed by atoms with E-state index in [0.717, 1.165) is 0 Å². The van der Waals surface area contributed by atoms with E-state index in [1.165, 1.54) is 28.7 Å². The van der Waals surface area contributed by atoms with Crippen LogP contribution in [0.15, 0.2) is 59.2 Å². The van der Waals surface area contributed by atoms with Crippen LogP contribution in [-0.2, 0) is 0 Å². The smallest absolute Gasteiger partial charge is 0.257 e. The van der Waals surface area contributed by atoms with Crippen LogP contribution >= 0.6 is 11.3 Å². The van der Waals surface area contributed by atoms with Gasteiger partial charge in [-0.2, -0.15) is 5.10 Å². The molecule has 0 saturated heterocycles. The predicted octanol–water partition coefficient (Wildman–Crippen LogP) is 2.63. The third-order valence-corrected chi connectivity index (χ3v) is 3.92. The largest absolute Gasteiger partial charge is 0.463 e. The topological polar surface area (TPSA) is 98.7 Å². The van der Waals surface area contributed by atoms with Crippen LogP contribution in [0.4, 0.5) is 5.13 Å². The van der Waals surface area contributed by atoms with Crippen LogP contribution in [0, 0.1) is 0 Å². The van der Waals surface area contributed by atoms with Crippen LogP contribution in [-0.4, -0.2) is 30.6 Å². The third-order valence-electron chi connectivity index (χ3n) is 3.16. The van der Waals surface area contributed by atoms with Crippen LogP contribution in [0.5, 0.6) is 0 Å². The van der Waals surface area contributed by atoms with Gasteiger partial charge in [0.1, 0.15) is 18.3 Å². The highest BCUT2D eigenvalue weighted by molar-refractivity contribution is 7.14. The molecule has 9 heteroatoms. The number of amides is 1. The second kappa shape index (κ2) is 6.05. The van der Waals surface area contributed by atoms with Crippen molar-refractivity contribution < 1.29 is 9.21 Å². The van der Waals surface area contributed by atoms with Crippen LogP contribution in [0.1, 0.15) is 10.4 Å². The molecule has 4 heterocycles. The molecule has 0 aliphatic heterocycles. The fraction of sp³-hybridized carbons (Fsp3) is 0. The zero-order chi connectivity index (χ0) is 16.4. The van der Waals surface area contributed by atoms with E-state index in [0.29, 0.717) is 28.0 Å². The summed E-state index contributed by atoms with van der Waals surface area (Å²) >= 11 is 1.33. The first-order valence-electron chi connectivity index (χ1n) is 6.91. The molecule has 0 aromatic carbocycles. The van der Waals surface area contributed by atoms with E-state index < -0.39 is 0 Å². The summed E-state index contributed by atoms with van der Waals surface area (Å²) in [5.74, 6) is 0.888. The standard InChI is InChI=1S/C15H10N6O2S/c22-14(10-3-4-17-13(6-10)21-9-16-8-18-21)20-15-19-11(7-24-15)12-2-1-5-23-12/h1-9H,(H,19,20,22). The Morgan fingerprint density at radius 2 is 2.29 bits per heavy atom. The maximum absolute atomic E-state index is 12.4. The van der Waals surface area contributed by atoms with Crippen molar-refractivity contribution in [1.82, 2.24) is 24.7 Å². The van der Waals surface area contributed by atoms with Gasteiger partial charge in [0.2, 0.25) is 0 Å². The average Bonchev–Trinajstić information content (AvgIpc) is 3.36. The quantitative estimate of drug-likeness (QED) is 0.614. The fourth-order valence-electron chi connectivity index (χ4n) is 2.05. The average molecular weight is 338 g/mol. The lowest BCUT2D eigenvalue weighted by Crippen LogP contribution is -2.12. The molecule has 4 aromatic heterocycles. The van der Waals surface area contributed by atoms with Crippen molar-refractivity contribution in [3.8, 4) is 17.3 Å². The Bertz CT molecular complexity index is 962. The van der Waals surface area contributed by atoms with Crippen LogP contribution in [0.2, 0.25) is 0 Å². The number of aromatic nitrogens is 5. The van der Waals surface area contributed by atoms with Gasteiger partial charge in [0, 0.05) is 17.1 Å². The number of hydrogen-bond acceptors (Lipinski definition) is 7.